The molecule has 0 aromatic rings. The molecule has 1 unspecified atom stereocenters. The van der Waals surface area contributed by atoms with Gasteiger partial charge in [-0.15, -0.1) is 0 Å². The largest absolute Gasteiger partial charge is 0.289 e. The highest BCUT2D eigenvalue weighted by Gasteiger charge is 2.22. The average Bonchev–Trinajstić information content (AvgIpc) is 2.09. The van der Waals surface area contributed by atoms with Crippen molar-refractivity contribution >= 4 is 5.78 Å². The molecule has 0 saturated carbocycles. The Kier molecular flexibility index (Phi) is 1.75. The van der Waals surface area contributed by atoms with E-state index in [2.05, 4.69) is 0 Å². The van der Waals surface area contributed by atoms with E-state index < -0.39 is 0 Å². The first-order valence-corrected chi connectivity index (χ1v) is 3.56. The maximum absolute atomic E-state index is 11.2. The predicted octanol–water partition coefficient (Wildman–Crippen LogP) is 2.10. The van der Waals surface area contributed by atoms with E-state index >= 15 is 0 Å². The van der Waals surface area contributed by atoms with Crippen molar-refractivity contribution in [3.8, 4) is 0 Å². The molecule has 1 aliphatic carbocycles. The predicted molar refractivity (Wildman–Crippen MR) is 41.7 cm³/mol. The van der Waals surface area contributed by atoms with Crippen LogP contribution in [-0.4, -0.2) is 5.78 Å². The third-order valence-electron chi connectivity index (χ3n) is 1.92. The van der Waals surface area contributed by atoms with E-state index in [1.54, 1.807) is 0 Å². The lowest BCUT2D eigenvalue weighted by atomic mass is 10.0. The molecule has 1 atom stereocenters. The molecule has 0 saturated heterocycles. The number of carbonyl (C=O) groups is 1. The Morgan fingerprint density at radius 3 is 2.40 bits per heavy atom. The van der Waals surface area contributed by atoms with Gasteiger partial charge in [-0.25, -0.2) is 0 Å². The summed E-state index contributed by atoms with van der Waals surface area (Å²) in [4.78, 5) is 11.2. The van der Waals surface area contributed by atoms with Gasteiger partial charge in [-0.2, -0.15) is 0 Å². The molecule has 0 radical (unpaired) electrons. The maximum Gasteiger partial charge on any atom is 0.184 e. The van der Waals surface area contributed by atoms with Crippen LogP contribution in [0.4, 0.5) is 0 Å². The third kappa shape index (κ3) is 0.919. The van der Waals surface area contributed by atoms with Crippen LogP contribution in [0.3, 0.4) is 0 Å². The monoisotopic (exact) mass is 136 g/mol. The minimum absolute atomic E-state index is 0.218. The SMILES string of the molecule is CC=C1C(=O)C(C)=CC1C. The summed E-state index contributed by atoms with van der Waals surface area (Å²) in [5.74, 6) is 0.549. The lowest BCUT2D eigenvalue weighted by molar-refractivity contribution is -0.112. The highest BCUT2D eigenvalue weighted by atomic mass is 16.1. The number of hydrogen-bond acceptors (Lipinski definition) is 1. The van der Waals surface area contributed by atoms with Crippen LogP contribution in [-0.2, 0) is 4.79 Å². The normalized spacial score (nSPS) is 29.5. The quantitative estimate of drug-likeness (QED) is 0.466. The van der Waals surface area contributed by atoms with Crippen LogP contribution in [0.1, 0.15) is 20.8 Å². The van der Waals surface area contributed by atoms with Crippen molar-refractivity contribution in [2.24, 2.45) is 5.92 Å². The molecule has 54 valence electrons. The average molecular weight is 136 g/mol. The van der Waals surface area contributed by atoms with Gasteiger partial charge in [-0.05, 0) is 19.4 Å². The van der Waals surface area contributed by atoms with Crippen LogP contribution in [0.5, 0.6) is 0 Å². The number of Topliss-reactive ketones (excluding diaryl/α,β-unsaturated/α-hetero) is 1. The van der Waals surface area contributed by atoms with Gasteiger partial charge in [-0.3, -0.25) is 4.79 Å². The minimum atomic E-state index is 0.218. The van der Waals surface area contributed by atoms with Gasteiger partial charge < -0.3 is 0 Å². The third-order valence-corrected chi connectivity index (χ3v) is 1.92. The molecule has 0 aromatic carbocycles. The Labute approximate surface area is 61.4 Å². The molecule has 0 aliphatic heterocycles. The van der Waals surface area contributed by atoms with E-state index in [9.17, 15) is 4.79 Å². The second kappa shape index (κ2) is 2.41. The smallest absolute Gasteiger partial charge is 0.184 e. The molecular weight excluding hydrogens is 124 g/mol. The Bertz CT molecular complexity index is 221. The summed E-state index contributed by atoms with van der Waals surface area (Å²) in [6.45, 7) is 5.83. The Morgan fingerprint density at radius 2 is 2.20 bits per heavy atom. The summed E-state index contributed by atoms with van der Waals surface area (Å²) in [6.07, 6.45) is 3.91. The molecule has 1 nitrogen and oxygen atoms in total. The van der Waals surface area contributed by atoms with Gasteiger partial charge in [0.1, 0.15) is 0 Å². The summed E-state index contributed by atoms with van der Waals surface area (Å²) in [7, 11) is 0. The molecule has 0 spiro atoms. The zero-order valence-electron chi connectivity index (χ0n) is 6.64. The van der Waals surface area contributed by atoms with Crippen molar-refractivity contribution in [1.82, 2.24) is 0 Å². The van der Waals surface area contributed by atoms with E-state index in [0.717, 1.165) is 11.1 Å². The van der Waals surface area contributed by atoms with Crippen molar-refractivity contribution in [2.45, 2.75) is 20.8 Å². The van der Waals surface area contributed by atoms with E-state index in [1.165, 1.54) is 0 Å². The first-order chi connectivity index (χ1) is 4.66. The zero-order chi connectivity index (χ0) is 7.72. The molecule has 1 aliphatic rings. The van der Waals surface area contributed by atoms with Gasteiger partial charge in [0.25, 0.3) is 0 Å². The highest BCUT2D eigenvalue weighted by Crippen LogP contribution is 2.25. The number of hydrogen-bond donors (Lipinski definition) is 0. The first kappa shape index (κ1) is 7.26. The van der Waals surface area contributed by atoms with Gasteiger partial charge in [0, 0.05) is 11.5 Å². The van der Waals surface area contributed by atoms with Crippen molar-refractivity contribution in [3.05, 3.63) is 23.3 Å². The van der Waals surface area contributed by atoms with Crippen LogP contribution in [0.15, 0.2) is 23.3 Å². The number of allylic oxidation sites excluding steroid dienone is 4. The second-order valence-electron chi connectivity index (χ2n) is 2.71. The first-order valence-electron chi connectivity index (χ1n) is 3.56. The van der Waals surface area contributed by atoms with Gasteiger partial charge in [0.2, 0.25) is 0 Å². The van der Waals surface area contributed by atoms with Crippen molar-refractivity contribution in [1.29, 1.82) is 0 Å². The fraction of sp³-hybridized carbons (Fsp3) is 0.444. The lowest BCUT2D eigenvalue weighted by Gasteiger charge is -1.98. The van der Waals surface area contributed by atoms with Gasteiger partial charge in [0.05, 0.1) is 0 Å². The van der Waals surface area contributed by atoms with E-state index in [-0.39, 0.29) is 5.78 Å². The molecule has 0 fully saturated rings. The molecular formula is C9H12O. The van der Waals surface area contributed by atoms with Crippen LogP contribution in [0, 0.1) is 5.92 Å². The van der Waals surface area contributed by atoms with Gasteiger partial charge >= 0.3 is 0 Å². The minimum Gasteiger partial charge on any atom is -0.289 e. The van der Waals surface area contributed by atoms with Gasteiger partial charge in [0.15, 0.2) is 5.78 Å². The highest BCUT2D eigenvalue weighted by molar-refractivity contribution is 6.10. The Morgan fingerprint density at radius 1 is 1.60 bits per heavy atom. The molecule has 10 heavy (non-hydrogen) atoms. The molecule has 0 amide bonds. The molecule has 0 N–H and O–H groups in total. The van der Waals surface area contributed by atoms with Crippen LogP contribution in [0.25, 0.3) is 0 Å². The zero-order valence-corrected chi connectivity index (χ0v) is 6.64. The standard InChI is InChI=1S/C9H12O/c1-4-8-6(2)5-7(3)9(8)10/h4-6H,1-3H3. The molecule has 0 heterocycles. The summed E-state index contributed by atoms with van der Waals surface area (Å²) in [5, 5.41) is 0. The summed E-state index contributed by atoms with van der Waals surface area (Å²) in [6, 6.07) is 0. The number of carbonyl (C=O) groups excluding carboxylic acids is 1. The number of ketones is 1. The van der Waals surface area contributed by atoms with E-state index in [1.807, 2.05) is 32.9 Å². The lowest BCUT2D eigenvalue weighted by Crippen LogP contribution is -1.99. The Balaban J connectivity index is 2.98. The number of rotatable bonds is 0. The van der Waals surface area contributed by atoms with Crippen LogP contribution in [0.2, 0.25) is 0 Å². The summed E-state index contributed by atoms with van der Waals surface area (Å²) in [5.41, 5.74) is 1.83. The maximum atomic E-state index is 11.2. The van der Waals surface area contributed by atoms with E-state index in [4.69, 9.17) is 0 Å². The molecule has 1 heteroatoms. The topological polar surface area (TPSA) is 17.1 Å². The molecule has 1 rings (SSSR count). The Hall–Kier alpha value is -0.850. The van der Waals surface area contributed by atoms with Gasteiger partial charge in [-0.1, -0.05) is 19.1 Å². The van der Waals surface area contributed by atoms with Crippen molar-refractivity contribution in [2.75, 3.05) is 0 Å². The fourth-order valence-corrected chi connectivity index (χ4v) is 1.37. The van der Waals surface area contributed by atoms with Crippen molar-refractivity contribution < 1.29 is 4.79 Å². The van der Waals surface area contributed by atoms with Crippen LogP contribution >= 0.6 is 0 Å². The second-order valence-corrected chi connectivity index (χ2v) is 2.71. The molecule has 0 aromatic heterocycles. The van der Waals surface area contributed by atoms with E-state index in [0.29, 0.717) is 5.92 Å². The fourth-order valence-electron chi connectivity index (χ4n) is 1.37. The van der Waals surface area contributed by atoms with Crippen molar-refractivity contribution in [3.63, 3.8) is 0 Å². The molecule has 0 bridgehead atoms. The van der Waals surface area contributed by atoms with Crippen LogP contribution < -0.4 is 0 Å². The summed E-state index contributed by atoms with van der Waals surface area (Å²) >= 11 is 0. The summed E-state index contributed by atoms with van der Waals surface area (Å²) < 4.78 is 0.